The monoisotopic (exact) mass is 611 g/mol. The fourth-order valence-corrected chi connectivity index (χ4v) is 7.58. The van der Waals surface area contributed by atoms with Crippen LogP contribution in [0, 0.1) is 11.3 Å². The van der Waals surface area contributed by atoms with Crippen molar-refractivity contribution in [3.05, 3.63) is 112 Å². The molecule has 9 heteroatoms. The van der Waals surface area contributed by atoms with E-state index in [9.17, 15) is 13.2 Å². The summed E-state index contributed by atoms with van der Waals surface area (Å²) in [6, 6.07) is 20.0. The van der Waals surface area contributed by atoms with Crippen LogP contribution < -0.4 is 4.72 Å². The van der Waals surface area contributed by atoms with Crippen LogP contribution in [-0.2, 0) is 20.6 Å². The largest absolute Gasteiger partial charge is 0.330 e. The van der Waals surface area contributed by atoms with Crippen LogP contribution in [-0.4, -0.2) is 36.8 Å². The molecule has 5 rings (SSSR count). The SMILES string of the molecule is C=CC[C@@]1(C)C[C@H](c2cccc(Cl)c2)C(c2ccc(Cl)cc2)N(C(CNS(=O)(=O)Cc2ccccn2)C2CC2)C1=O. The molecule has 2 aliphatic rings. The molecule has 1 N–H and O–H groups in total. The van der Waals surface area contributed by atoms with Gasteiger partial charge >= 0.3 is 0 Å². The van der Waals surface area contributed by atoms with E-state index in [1.54, 1.807) is 30.5 Å². The van der Waals surface area contributed by atoms with Crippen molar-refractivity contribution in [1.82, 2.24) is 14.6 Å². The molecule has 0 radical (unpaired) electrons. The third-order valence-electron chi connectivity index (χ3n) is 8.29. The van der Waals surface area contributed by atoms with Crippen LogP contribution in [0.2, 0.25) is 10.0 Å². The van der Waals surface area contributed by atoms with E-state index < -0.39 is 15.4 Å². The van der Waals surface area contributed by atoms with Gasteiger partial charge in [0.1, 0.15) is 5.75 Å². The minimum absolute atomic E-state index is 0.0106. The van der Waals surface area contributed by atoms with Crippen LogP contribution in [0.1, 0.15) is 61.4 Å². The number of benzene rings is 2. The zero-order valence-corrected chi connectivity index (χ0v) is 25.4. The normalized spacial score (nSPS) is 23.8. The first-order chi connectivity index (χ1) is 19.6. The Labute approximate surface area is 252 Å². The van der Waals surface area contributed by atoms with Crippen molar-refractivity contribution >= 4 is 39.1 Å². The van der Waals surface area contributed by atoms with E-state index in [-0.39, 0.29) is 42.1 Å². The van der Waals surface area contributed by atoms with Crippen LogP contribution in [0.5, 0.6) is 0 Å². The maximum atomic E-state index is 14.6. The van der Waals surface area contributed by atoms with Crippen LogP contribution in [0.4, 0.5) is 0 Å². The van der Waals surface area contributed by atoms with Crippen molar-refractivity contribution in [2.45, 2.75) is 56.4 Å². The summed E-state index contributed by atoms with van der Waals surface area (Å²) in [6.07, 6.45) is 6.36. The van der Waals surface area contributed by atoms with E-state index >= 15 is 0 Å². The van der Waals surface area contributed by atoms with Crippen molar-refractivity contribution in [3.8, 4) is 0 Å². The molecule has 1 aromatic heterocycles. The summed E-state index contributed by atoms with van der Waals surface area (Å²) in [5, 5.41) is 1.24. The van der Waals surface area contributed by atoms with E-state index in [0.29, 0.717) is 28.6 Å². The summed E-state index contributed by atoms with van der Waals surface area (Å²) < 4.78 is 29.1. The number of nitrogens with one attached hydrogen (secondary N) is 1. The highest BCUT2D eigenvalue weighted by Gasteiger charge is 2.53. The lowest BCUT2D eigenvalue weighted by molar-refractivity contribution is -0.155. The Morgan fingerprint density at radius 3 is 2.46 bits per heavy atom. The minimum atomic E-state index is -3.69. The number of carbonyl (C=O) groups excluding carboxylic acids is 1. The zero-order valence-electron chi connectivity index (χ0n) is 23.0. The fourth-order valence-electron chi connectivity index (χ4n) is 6.17. The number of likely N-dealkylation sites (tertiary alicyclic amines) is 1. The first kappa shape index (κ1) is 29.8. The Morgan fingerprint density at radius 1 is 1.07 bits per heavy atom. The molecule has 216 valence electrons. The number of pyridine rings is 1. The number of amides is 1. The van der Waals surface area contributed by atoms with Crippen molar-refractivity contribution in [2.24, 2.45) is 11.3 Å². The zero-order chi connectivity index (χ0) is 29.2. The molecule has 2 unspecified atom stereocenters. The summed E-state index contributed by atoms with van der Waals surface area (Å²) in [5.41, 5.74) is 1.75. The molecule has 1 amide bonds. The lowest BCUT2D eigenvalue weighted by Gasteiger charge is -2.52. The molecule has 41 heavy (non-hydrogen) atoms. The van der Waals surface area contributed by atoms with Gasteiger partial charge in [0.05, 0.1) is 17.2 Å². The van der Waals surface area contributed by atoms with Gasteiger partial charge in [0, 0.05) is 34.7 Å². The van der Waals surface area contributed by atoms with Crippen LogP contribution >= 0.6 is 23.2 Å². The smallest absolute Gasteiger partial charge is 0.229 e. The molecule has 2 aromatic carbocycles. The summed E-state index contributed by atoms with van der Waals surface area (Å²) in [5.74, 6) is -0.100. The van der Waals surface area contributed by atoms with Gasteiger partial charge in [-0.2, -0.15) is 0 Å². The summed E-state index contributed by atoms with van der Waals surface area (Å²) in [7, 11) is -3.69. The third kappa shape index (κ3) is 6.86. The second kappa shape index (κ2) is 12.3. The van der Waals surface area contributed by atoms with Gasteiger partial charge in [0.15, 0.2) is 0 Å². The third-order valence-corrected chi connectivity index (χ3v) is 10.1. The van der Waals surface area contributed by atoms with Gasteiger partial charge in [0.25, 0.3) is 0 Å². The molecule has 1 aliphatic heterocycles. The summed E-state index contributed by atoms with van der Waals surface area (Å²) in [4.78, 5) is 20.7. The maximum absolute atomic E-state index is 14.6. The number of carbonyl (C=O) groups is 1. The molecule has 1 aliphatic carbocycles. The van der Waals surface area contributed by atoms with Crippen molar-refractivity contribution < 1.29 is 13.2 Å². The number of halogens is 2. The van der Waals surface area contributed by atoms with Crippen LogP contribution in [0.25, 0.3) is 0 Å². The van der Waals surface area contributed by atoms with Gasteiger partial charge < -0.3 is 4.90 Å². The highest BCUT2D eigenvalue weighted by Crippen LogP contribution is 2.54. The predicted octanol–water partition coefficient (Wildman–Crippen LogP) is 6.93. The second-order valence-electron chi connectivity index (χ2n) is 11.5. The fraction of sp³-hybridized carbons (Fsp3) is 0.375. The first-order valence-electron chi connectivity index (χ1n) is 13.9. The number of hydrogen-bond donors (Lipinski definition) is 1. The Kier molecular flexibility index (Phi) is 8.90. The number of allylic oxidation sites excluding steroid dienone is 1. The minimum Gasteiger partial charge on any atom is -0.330 e. The van der Waals surface area contributed by atoms with E-state index in [2.05, 4.69) is 22.4 Å². The Balaban J connectivity index is 1.56. The number of piperidine rings is 1. The quantitative estimate of drug-likeness (QED) is 0.238. The molecular weight excluding hydrogens is 577 g/mol. The van der Waals surface area contributed by atoms with E-state index in [4.69, 9.17) is 23.2 Å². The van der Waals surface area contributed by atoms with Crippen LogP contribution in [0.3, 0.4) is 0 Å². The highest BCUT2D eigenvalue weighted by molar-refractivity contribution is 7.88. The Morgan fingerprint density at radius 2 is 1.83 bits per heavy atom. The van der Waals surface area contributed by atoms with E-state index in [1.165, 1.54) is 0 Å². The van der Waals surface area contributed by atoms with Gasteiger partial charge in [-0.15, -0.1) is 6.58 Å². The van der Waals surface area contributed by atoms with Gasteiger partial charge in [-0.25, -0.2) is 13.1 Å². The van der Waals surface area contributed by atoms with Gasteiger partial charge in [-0.1, -0.05) is 66.5 Å². The van der Waals surface area contributed by atoms with Crippen LogP contribution in [0.15, 0.2) is 85.6 Å². The van der Waals surface area contributed by atoms with Crippen molar-refractivity contribution in [1.29, 1.82) is 0 Å². The second-order valence-corrected chi connectivity index (χ2v) is 14.1. The van der Waals surface area contributed by atoms with E-state index in [0.717, 1.165) is 24.0 Å². The van der Waals surface area contributed by atoms with E-state index in [1.807, 2.05) is 54.3 Å². The number of hydrogen-bond acceptors (Lipinski definition) is 4. The summed E-state index contributed by atoms with van der Waals surface area (Å²) >= 11 is 12.7. The molecule has 2 heterocycles. The lowest BCUT2D eigenvalue weighted by Crippen LogP contribution is -2.58. The van der Waals surface area contributed by atoms with Gasteiger partial charge in [-0.3, -0.25) is 9.78 Å². The standard InChI is InChI=1S/C32H35Cl2N3O3S/c1-3-16-32(2)19-28(24-7-6-8-26(34)18-24)30(23-12-14-25(33)15-13-23)37(31(32)38)29(22-10-11-22)20-36-41(39,40)21-27-9-4-5-17-35-27/h3-9,12-15,17-18,22,28-30,36H,1,10-11,16,19-21H2,2H3/t28-,29?,30?,32+/m1/s1. The van der Waals surface area contributed by atoms with Gasteiger partial charge in [0.2, 0.25) is 15.9 Å². The average Bonchev–Trinajstić information content (AvgIpc) is 3.77. The first-order valence-corrected chi connectivity index (χ1v) is 16.3. The number of rotatable bonds is 11. The molecule has 2 fully saturated rings. The number of aromatic nitrogens is 1. The molecule has 6 nitrogen and oxygen atoms in total. The molecule has 1 saturated heterocycles. The van der Waals surface area contributed by atoms with Gasteiger partial charge in [-0.05, 0) is 79.1 Å². The number of nitrogens with zero attached hydrogens (tertiary/aromatic N) is 2. The molecule has 4 atom stereocenters. The molecule has 0 spiro atoms. The Bertz CT molecular complexity index is 1500. The molecule has 3 aromatic rings. The van der Waals surface area contributed by atoms with Crippen molar-refractivity contribution in [2.75, 3.05) is 6.54 Å². The maximum Gasteiger partial charge on any atom is 0.229 e. The Hall–Kier alpha value is -2.71. The lowest BCUT2D eigenvalue weighted by atomic mass is 9.67. The number of sulfonamides is 1. The van der Waals surface area contributed by atoms with Crippen molar-refractivity contribution in [3.63, 3.8) is 0 Å². The molecular formula is C32H35Cl2N3O3S. The highest BCUT2D eigenvalue weighted by atomic mass is 35.5. The average molecular weight is 613 g/mol. The summed E-state index contributed by atoms with van der Waals surface area (Å²) in [6.45, 7) is 6.08. The molecule has 1 saturated carbocycles. The topological polar surface area (TPSA) is 79.4 Å². The molecule has 0 bridgehead atoms. The predicted molar refractivity (Wildman–Crippen MR) is 164 cm³/mol.